The van der Waals surface area contributed by atoms with E-state index in [2.05, 4.69) is 4.72 Å². The number of rotatable bonds is 3. The van der Waals surface area contributed by atoms with Crippen LogP contribution in [-0.2, 0) is 10.0 Å². The van der Waals surface area contributed by atoms with Crippen molar-refractivity contribution in [3.63, 3.8) is 0 Å². The first-order valence-electron chi connectivity index (χ1n) is 5.01. The normalized spacial score (nSPS) is 10.6. The minimum Gasteiger partial charge on any atom is -0.280 e. The zero-order valence-electron chi connectivity index (χ0n) is 10.1. The maximum atomic E-state index is 12.0. The Morgan fingerprint density at radius 3 is 1.95 bits per heavy atom. The molecule has 2 rings (SSSR count). The molecule has 0 heterocycles. The van der Waals surface area contributed by atoms with E-state index in [0.29, 0.717) is 15.7 Å². The first kappa shape index (κ1) is 16.8. The van der Waals surface area contributed by atoms with Gasteiger partial charge in [-0.3, -0.25) is 4.72 Å². The van der Waals surface area contributed by atoms with Gasteiger partial charge in [0, 0.05) is 10.0 Å². The predicted molar refractivity (Wildman–Crippen MR) is 73.7 cm³/mol. The third-order valence-corrected chi connectivity index (χ3v) is 4.00. The van der Waals surface area contributed by atoms with Crippen molar-refractivity contribution >= 4 is 38.9 Å². The molecule has 0 aliphatic heterocycles. The summed E-state index contributed by atoms with van der Waals surface area (Å²) in [6.45, 7) is 0. The molecule has 0 atom stereocenters. The van der Waals surface area contributed by atoms with Gasteiger partial charge in [-0.15, -0.1) is 0 Å². The number of halogens is 2. The molecule has 2 aromatic rings. The molecule has 0 fully saturated rings. The van der Waals surface area contributed by atoms with Crippen LogP contribution in [0.3, 0.4) is 0 Å². The van der Waals surface area contributed by atoms with Crippen LogP contribution in [0.1, 0.15) is 0 Å². The maximum absolute atomic E-state index is 12.0. The van der Waals surface area contributed by atoms with Gasteiger partial charge in [0.15, 0.2) is 0 Å². The average molecular weight is 325 g/mol. The maximum Gasteiger partial charge on any atom is 1.00 e. The molecule has 0 amide bonds. The van der Waals surface area contributed by atoms with Crippen molar-refractivity contribution in [1.29, 1.82) is 0 Å². The molecule has 19 heavy (non-hydrogen) atoms. The molecule has 0 aromatic heterocycles. The average Bonchev–Trinajstić information content (AvgIpc) is 2.28. The van der Waals surface area contributed by atoms with Gasteiger partial charge in [-0.05, 0) is 30.3 Å². The number of benzene rings is 2. The Kier molecular flexibility index (Phi) is 6.17. The second kappa shape index (κ2) is 6.97. The van der Waals surface area contributed by atoms with Crippen LogP contribution in [0.5, 0.6) is 0 Å². The van der Waals surface area contributed by atoms with Gasteiger partial charge >= 0.3 is 29.6 Å². The topological polar surface area (TPSA) is 46.2 Å². The van der Waals surface area contributed by atoms with E-state index in [0.717, 1.165) is 0 Å². The van der Waals surface area contributed by atoms with Crippen LogP contribution in [0.15, 0.2) is 53.4 Å². The van der Waals surface area contributed by atoms with Gasteiger partial charge < -0.3 is 0 Å². The van der Waals surface area contributed by atoms with Crippen LogP contribution in [0.25, 0.3) is 0 Å². The Hall–Kier alpha value is -0.230. The van der Waals surface area contributed by atoms with Crippen LogP contribution >= 0.6 is 23.2 Å². The van der Waals surface area contributed by atoms with Crippen molar-refractivity contribution < 1.29 is 38.0 Å². The van der Waals surface area contributed by atoms with Gasteiger partial charge in [0.05, 0.1) is 10.6 Å². The van der Waals surface area contributed by atoms with Crippen molar-refractivity contribution in [3.8, 4) is 0 Å². The van der Waals surface area contributed by atoms with Crippen molar-refractivity contribution in [3.05, 3.63) is 58.6 Å². The van der Waals surface area contributed by atoms with Crippen LogP contribution in [0, 0.1) is 0 Å². The zero-order valence-corrected chi connectivity index (χ0v) is 14.4. The van der Waals surface area contributed by atoms with Crippen LogP contribution < -0.4 is 34.3 Å². The molecule has 0 spiro atoms. The molecule has 2 aromatic carbocycles. The Morgan fingerprint density at radius 2 is 1.42 bits per heavy atom. The Labute approximate surface area is 144 Å². The zero-order chi connectivity index (χ0) is 13.2. The summed E-state index contributed by atoms with van der Waals surface area (Å²) >= 11 is 11.6. The SMILES string of the molecule is O=S(=O)(Nc1cc(Cl)cc(Cl)c1)c1ccccc1.[Na+]. The molecular weight excluding hydrogens is 316 g/mol. The Bertz CT molecular complexity index is 642. The molecule has 0 aliphatic carbocycles. The van der Waals surface area contributed by atoms with E-state index in [1.54, 1.807) is 18.2 Å². The van der Waals surface area contributed by atoms with Gasteiger partial charge in [0.25, 0.3) is 10.0 Å². The first-order chi connectivity index (χ1) is 8.47. The molecule has 1 N–H and O–H groups in total. The molecule has 0 bridgehead atoms. The monoisotopic (exact) mass is 324 g/mol. The third-order valence-electron chi connectivity index (χ3n) is 2.17. The number of hydrogen-bond acceptors (Lipinski definition) is 2. The molecule has 0 unspecified atom stereocenters. The van der Waals surface area contributed by atoms with Gasteiger partial charge in [-0.25, -0.2) is 8.42 Å². The first-order valence-corrected chi connectivity index (χ1v) is 7.25. The molecule has 7 heteroatoms. The molecule has 94 valence electrons. The van der Waals surface area contributed by atoms with Crippen LogP contribution in [-0.4, -0.2) is 8.42 Å². The fourth-order valence-electron chi connectivity index (χ4n) is 1.43. The molecular formula is C12H9Cl2NNaO2S+. The van der Waals surface area contributed by atoms with E-state index in [9.17, 15) is 8.42 Å². The van der Waals surface area contributed by atoms with Crippen molar-refractivity contribution in [1.82, 2.24) is 0 Å². The van der Waals surface area contributed by atoms with Crippen molar-refractivity contribution in [2.75, 3.05) is 4.72 Å². The van der Waals surface area contributed by atoms with E-state index >= 15 is 0 Å². The summed E-state index contributed by atoms with van der Waals surface area (Å²) in [5.41, 5.74) is 0.330. The number of hydrogen-bond donors (Lipinski definition) is 1. The second-order valence-corrected chi connectivity index (χ2v) is 6.13. The molecule has 0 saturated carbocycles. The summed E-state index contributed by atoms with van der Waals surface area (Å²) in [6, 6.07) is 12.6. The van der Waals surface area contributed by atoms with E-state index in [4.69, 9.17) is 23.2 Å². The van der Waals surface area contributed by atoms with Crippen LogP contribution in [0.2, 0.25) is 10.0 Å². The fraction of sp³-hybridized carbons (Fsp3) is 0. The van der Waals surface area contributed by atoms with Crippen LogP contribution in [0.4, 0.5) is 5.69 Å². The largest absolute Gasteiger partial charge is 1.00 e. The van der Waals surface area contributed by atoms with E-state index in [-0.39, 0.29) is 34.5 Å². The van der Waals surface area contributed by atoms with E-state index in [1.807, 2.05) is 0 Å². The van der Waals surface area contributed by atoms with E-state index in [1.165, 1.54) is 30.3 Å². The van der Waals surface area contributed by atoms with E-state index < -0.39 is 10.0 Å². The summed E-state index contributed by atoms with van der Waals surface area (Å²) in [5.74, 6) is 0. The Morgan fingerprint density at radius 1 is 0.895 bits per heavy atom. The number of sulfonamides is 1. The molecule has 0 radical (unpaired) electrons. The van der Waals surface area contributed by atoms with Gasteiger partial charge in [-0.2, -0.15) is 0 Å². The van der Waals surface area contributed by atoms with Gasteiger partial charge in [0.2, 0.25) is 0 Å². The minimum atomic E-state index is -3.61. The fourth-order valence-corrected chi connectivity index (χ4v) is 3.01. The number of anilines is 1. The molecule has 3 nitrogen and oxygen atoms in total. The summed E-state index contributed by atoms with van der Waals surface area (Å²) in [5, 5.41) is 0.738. The minimum absolute atomic E-state index is 0. The predicted octanol–water partition coefficient (Wildman–Crippen LogP) is 0.798. The standard InChI is InChI=1S/C12H9Cl2NO2S.Na/c13-9-6-10(14)8-11(7-9)15-18(16,17)12-4-2-1-3-5-12;/h1-8,15H;/q;+1. The van der Waals surface area contributed by atoms with Gasteiger partial charge in [0.1, 0.15) is 0 Å². The Balaban J connectivity index is 0.00000180. The summed E-state index contributed by atoms with van der Waals surface area (Å²) in [7, 11) is -3.61. The third kappa shape index (κ3) is 4.67. The number of nitrogens with one attached hydrogen (secondary N) is 1. The summed E-state index contributed by atoms with van der Waals surface area (Å²) in [6.07, 6.45) is 0. The van der Waals surface area contributed by atoms with Gasteiger partial charge in [-0.1, -0.05) is 41.4 Å². The molecule has 0 aliphatic rings. The quantitative estimate of drug-likeness (QED) is 0.849. The second-order valence-electron chi connectivity index (χ2n) is 3.58. The summed E-state index contributed by atoms with van der Waals surface area (Å²) < 4.78 is 26.5. The smallest absolute Gasteiger partial charge is 0.280 e. The van der Waals surface area contributed by atoms with Crippen molar-refractivity contribution in [2.24, 2.45) is 0 Å². The molecule has 0 saturated heterocycles. The van der Waals surface area contributed by atoms with Crippen molar-refractivity contribution in [2.45, 2.75) is 4.90 Å². The summed E-state index contributed by atoms with van der Waals surface area (Å²) in [4.78, 5) is 0.182.